The number of fused-ring (bicyclic) bond motifs is 1. The number of hydrogen-bond donors (Lipinski definition) is 2. The van der Waals surface area contributed by atoms with Crippen LogP contribution in [0.15, 0.2) is 78.9 Å². The number of hydrogen-bond acceptors (Lipinski definition) is 4. The third-order valence-corrected chi connectivity index (χ3v) is 7.41. The summed E-state index contributed by atoms with van der Waals surface area (Å²) in [6.07, 6.45) is -4.69. The quantitative estimate of drug-likeness (QED) is 0.197. The number of anilines is 2. The van der Waals surface area contributed by atoms with E-state index in [1.807, 2.05) is 0 Å². The summed E-state index contributed by atoms with van der Waals surface area (Å²) in [6.45, 7) is 3.28. The van der Waals surface area contributed by atoms with Crippen LogP contribution in [0.1, 0.15) is 46.8 Å². The SMILES string of the molecule is CCN1C(=O)[C@@H](NC(=O)c2cccc(C(F)(F)F)c2)[C@@H](c2ccc(F)cc2)c2c(NC(=O)[C@@H](C)Cl)nn(-c3ccccc3)c21. The van der Waals surface area contributed by atoms with Crippen LogP contribution >= 0.6 is 11.6 Å². The van der Waals surface area contributed by atoms with Crippen molar-refractivity contribution >= 4 is 41.0 Å². The molecule has 0 saturated carbocycles. The van der Waals surface area contributed by atoms with Crippen LogP contribution in [0.2, 0.25) is 0 Å². The molecule has 3 amide bonds. The largest absolute Gasteiger partial charge is 0.416 e. The lowest BCUT2D eigenvalue weighted by Gasteiger charge is -2.38. The number of benzene rings is 3. The predicted octanol–water partition coefficient (Wildman–Crippen LogP) is 5.89. The maximum Gasteiger partial charge on any atom is 0.416 e. The van der Waals surface area contributed by atoms with E-state index in [0.29, 0.717) is 28.7 Å². The zero-order valence-electron chi connectivity index (χ0n) is 23.4. The first kappa shape index (κ1) is 30.7. The second-order valence-electron chi connectivity index (χ2n) is 10.1. The van der Waals surface area contributed by atoms with Gasteiger partial charge in [0.2, 0.25) is 5.91 Å². The normalized spacial score (nSPS) is 17.2. The summed E-state index contributed by atoms with van der Waals surface area (Å²) < 4.78 is 55.7. The monoisotopic (exact) mass is 627 g/mol. The Labute approximate surface area is 254 Å². The molecule has 0 bridgehead atoms. The summed E-state index contributed by atoms with van der Waals surface area (Å²) in [7, 11) is 0. The van der Waals surface area contributed by atoms with Crippen LogP contribution in [-0.2, 0) is 15.8 Å². The molecule has 3 aromatic carbocycles. The Morgan fingerprint density at radius 1 is 1.02 bits per heavy atom. The molecule has 8 nitrogen and oxygen atoms in total. The Balaban J connectivity index is 1.72. The first-order valence-electron chi connectivity index (χ1n) is 13.6. The average Bonchev–Trinajstić information content (AvgIpc) is 3.36. The fourth-order valence-corrected chi connectivity index (χ4v) is 5.20. The van der Waals surface area contributed by atoms with Crippen molar-refractivity contribution in [2.24, 2.45) is 0 Å². The molecule has 3 atom stereocenters. The minimum atomic E-state index is -4.69. The van der Waals surface area contributed by atoms with E-state index in [1.165, 1.54) is 46.8 Å². The van der Waals surface area contributed by atoms with Crippen molar-refractivity contribution in [3.05, 3.63) is 107 Å². The van der Waals surface area contributed by atoms with E-state index in [0.717, 1.165) is 12.1 Å². The van der Waals surface area contributed by atoms with Gasteiger partial charge in [0.15, 0.2) is 5.82 Å². The molecule has 0 unspecified atom stereocenters. The van der Waals surface area contributed by atoms with Crippen molar-refractivity contribution in [2.45, 2.75) is 37.4 Å². The lowest BCUT2D eigenvalue weighted by Crippen LogP contribution is -2.55. The van der Waals surface area contributed by atoms with E-state index in [1.54, 1.807) is 37.3 Å². The molecule has 1 aromatic heterocycles. The highest BCUT2D eigenvalue weighted by molar-refractivity contribution is 6.32. The highest BCUT2D eigenvalue weighted by Gasteiger charge is 2.46. The number of nitrogens with one attached hydrogen (secondary N) is 2. The number of likely N-dealkylation sites (N-methyl/N-ethyl adjacent to an activating group) is 1. The van der Waals surface area contributed by atoms with E-state index in [4.69, 9.17) is 11.6 Å². The van der Waals surface area contributed by atoms with Crippen LogP contribution in [0.25, 0.3) is 5.69 Å². The minimum Gasteiger partial charge on any atom is -0.339 e. The number of amides is 3. The van der Waals surface area contributed by atoms with E-state index in [2.05, 4.69) is 15.7 Å². The Hall–Kier alpha value is -4.71. The third kappa shape index (κ3) is 5.89. The zero-order chi connectivity index (χ0) is 31.8. The number of rotatable bonds is 7. The molecule has 0 spiro atoms. The van der Waals surface area contributed by atoms with Gasteiger partial charge in [-0.25, -0.2) is 9.07 Å². The number of aromatic nitrogens is 2. The molecule has 0 fully saturated rings. The zero-order valence-corrected chi connectivity index (χ0v) is 24.2. The number of carbonyl (C=O) groups excluding carboxylic acids is 3. The molecule has 228 valence electrons. The van der Waals surface area contributed by atoms with Gasteiger partial charge in [-0.1, -0.05) is 36.4 Å². The van der Waals surface area contributed by atoms with Gasteiger partial charge in [0, 0.05) is 23.6 Å². The summed E-state index contributed by atoms with van der Waals surface area (Å²) in [5.74, 6) is -3.38. The van der Waals surface area contributed by atoms with Gasteiger partial charge in [-0.3, -0.25) is 19.3 Å². The van der Waals surface area contributed by atoms with Crippen molar-refractivity contribution in [3.8, 4) is 5.69 Å². The predicted molar refractivity (Wildman–Crippen MR) is 156 cm³/mol. The molecule has 1 aliphatic rings. The van der Waals surface area contributed by atoms with Gasteiger partial charge in [0.25, 0.3) is 11.8 Å². The van der Waals surface area contributed by atoms with Crippen molar-refractivity contribution in [3.63, 3.8) is 0 Å². The maximum absolute atomic E-state index is 14.2. The summed E-state index contributed by atoms with van der Waals surface area (Å²) >= 11 is 6.06. The first-order valence-corrected chi connectivity index (χ1v) is 14.0. The van der Waals surface area contributed by atoms with E-state index in [-0.39, 0.29) is 17.9 Å². The van der Waals surface area contributed by atoms with Crippen molar-refractivity contribution in [1.29, 1.82) is 0 Å². The van der Waals surface area contributed by atoms with Crippen LogP contribution in [0, 0.1) is 5.82 Å². The molecule has 0 radical (unpaired) electrons. The molecule has 44 heavy (non-hydrogen) atoms. The minimum absolute atomic E-state index is 0.0416. The van der Waals surface area contributed by atoms with Crippen LogP contribution in [-0.4, -0.2) is 45.5 Å². The Morgan fingerprint density at radius 3 is 2.32 bits per heavy atom. The van der Waals surface area contributed by atoms with Gasteiger partial charge < -0.3 is 10.6 Å². The second-order valence-corrected chi connectivity index (χ2v) is 10.7. The first-order chi connectivity index (χ1) is 20.9. The topological polar surface area (TPSA) is 96.3 Å². The number of nitrogens with zero attached hydrogens (tertiary/aromatic N) is 3. The summed E-state index contributed by atoms with van der Waals surface area (Å²) in [6, 6.07) is 16.5. The van der Waals surface area contributed by atoms with E-state index < -0.39 is 52.6 Å². The molecular weight excluding hydrogens is 602 g/mol. The fourth-order valence-electron chi connectivity index (χ4n) is 5.15. The Kier molecular flexibility index (Phi) is 8.46. The number of halogens is 5. The maximum atomic E-state index is 14.2. The van der Waals surface area contributed by atoms with E-state index >= 15 is 0 Å². The van der Waals surface area contributed by atoms with Crippen LogP contribution in [0.4, 0.5) is 29.2 Å². The molecule has 2 N–H and O–H groups in total. The molecule has 1 aliphatic heterocycles. The van der Waals surface area contributed by atoms with Gasteiger partial charge >= 0.3 is 6.18 Å². The molecule has 13 heteroatoms. The Bertz CT molecular complexity index is 1710. The highest BCUT2D eigenvalue weighted by atomic mass is 35.5. The average molecular weight is 628 g/mol. The van der Waals surface area contributed by atoms with Crippen LogP contribution in [0.5, 0.6) is 0 Å². The van der Waals surface area contributed by atoms with Gasteiger partial charge in [-0.2, -0.15) is 13.2 Å². The van der Waals surface area contributed by atoms with Gasteiger partial charge in [0.1, 0.15) is 23.1 Å². The van der Waals surface area contributed by atoms with Crippen molar-refractivity contribution in [1.82, 2.24) is 15.1 Å². The van der Waals surface area contributed by atoms with Crippen molar-refractivity contribution in [2.75, 3.05) is 16.8 Å². The molecule has 5 rings (SSSR count). The van der Waals surface area contributed by atoms with Crippen LogP contribution in [0.3, 0.4) is 0 Å². The number of carbonyl (C=O) groups is 3. The molecule has 2 heterocycles. The lowest BCUT2D eigenvalue weighted by molar-refractivity contribution is -0.137. The second kappa shape index (κ2) is 12.1. The molecule has 0 aliphatic carbocycles. The van der Waals surface area contributed by atoms with Crippen LogP contribution < -0.4 is 15.5 Å². The molecule has 4 aromatic rings. The van der Waals surface area contributed by atoms with E-state index in [9.17, 15) is 31.9 Å². The highest BCUT2D eigenvalue weighted by Crippen LogP contribution is 2.45. The number of para-hydroxylation sites is 1. The van der Waals surface area contributed by atoms with Gasteiger partial charge in [0.05, 0.1) is 11.3 Å². The summed E-state index contributed by atoms with van der Waals surface area (Å²) in [5, 5.41) is 9.01. The molecular formula is C31H26ClF4N5O3. The lowest BCUT2D eigenvalue weighted by atomic mass is 9.81. The Morgan fingerprint density at radius 2 is 1.70 bits per heavy atom. The number of alkyl halides is 4. The van der Waals surface area contributed by atoms with Gasteiger partial charge in [-0.15, -0.1) is 16.7 Å². The fraction of sp³-hybridized carbons (Fsp3) is 0.226. The molecule has 0 saturated heterocycles. The van der Waals surface area contributed by atoms with Crippen molar-refractivity contribution < 1.29 is 31.9 Å². The standard InChI is InChI=1S/C31H26ClF4N5O3/c1-3-40-29-24(26(38-27(42)17(2)32)39-41(29)22-10-5-4-6-11-22)23(18-12-14-21(33)15-13-18)25(30(40)44)37-28(43)19-8-7-9-20(16-19)31(34,35)36/h4-17,23,25H,3H2,1-2H3,(H,37,43)(H,38,39,42)/t17-,23+,25+/m1/s1. The summed E-state index contributed by atoms with van der Waals surface area (Å²) in [4.78, 5) is 41.8. The smallest absolute Gasteiger partial charge is 0.339 e. The van der Waals surface area contributed by atoms with Gasteiger partial charge in [-0.05, 0) is 61.9 Å². The third-order valence-electron chi connectivity index (χ3n) is 7.22. The summed E-state index contributed by atoms with van der Waals surface area (Å²) in [5.41, 5.74) is -0.0884.